The molecular weight excluding hydrogens is 292 g/mol. The van der Waals surface area contributed by atoms with Gasteiger partial charge in [-0.15, -0.1) is 0 Å². The standard InChI is InChI=1S/C14H23BrOSi/c1-11(12-9-7-8-10-13(12)15)16-17(5,6)14(2,3)4/h7-11H,1-6H3. The molecular formula is C14H23BrOSi. The zero-order valence-electron chi connectivity index (χ0n) is 11.7. The molecule has 0 aliphatic carbocycles. The van der Waals surface area contributed by atoms with Gasteiger partial charge in [0.15, 0.2) is 8.32 Å². The van der Waals surface area contributed by atoms with Gasteiger partial charge in [-0.3, -0.25) is 0 Å². The normalized spacial score (nSPS) is 14.8. The summed E-state index contributed by atoms with van der Waals surface area (Å²) in [6, 6.07) is 8.29. The van der Waals surface area contributed by atoms with Gasteiger partial charge in [0.25, 0.3) is 0 Å². The van der Waals surface area contributed by atoms with Gasteiger partial charge < -0.3 is 4.43 Å². The summed E-state index contributed by atoms with van der Waals surface area (Å²) in [4.78, 5) is 0. The van der Waals surface area contributed by atoms with Gasteiger partial charge in [0.1, 0.15) is 0 Å². The van der Waals surface area contributed by atoms with Crippen LogP contribution in [0.5, 0.6) is 0 Å². The maximum Gasteiger partial charge on any atom is 0.192 e. The van der Waals surface area contributed by atoms with E-state index in [2.05, 4.69) is 74.9 Å². The zero-order chi connectivity index (χ0) is 13.3. The van der Waals surface area contributed by atoms with Gasteiger partial charge in [-0.1, -0.05) is 54.9 Å². The lowest BCUT2D eigenvalue weighted by atomic mass is 10.1. The number of hydrogen-bond donors (Lipinski definition) is 0. The fourth-order valence-corrected chi connectivity index (χ4v) is 3.46. The largest absolute Gasteiger partial charge is 0.410 e. The van der Waals surface area contributed by atoms with Crippen LogP contribution < -0.4 is 0 Å². The Bertz CT molecular complexity index is 382. The summed E-state index contributed by atoms with van der Waals surface area (Å²) in [5.41, 5.74) is 1.23. The fourth-order valence-electron chi connectivity index (χ4n) is 1.49. The van der Waals surface area contributed by atoms with E-state index in [4.69, 9.17) is 4.43 Å². The minimum atomic E-state index is -1.69. The number of rotatable bonds is 3. The van der Waals surface area contributed by atoms with Crippen LogP contribution in [0.2, 0.25) is 18.1 Å². The third-order valence-corrected chi connectivity index (χ3v) is 8.90. The maximum absolute atomic E-state index is 6.38. The molecule has 1 rings (SSSR count). The highest BCUT2D eigenvalue weighted by Crippen LogP contribution is 2.40. The van der Waals surface area contributed by atoms with Crippen LogP contribution in [0.1, 0.15) is 39.4 Å². The van der Waals surface area contributed by atoms with Crippen LogP contribution >= 0.6 is 15.9 Å². The molecule has 0 bridgehead atoms. The van der Waals surface area contributed by atoms with Crippen molar-refractivity contribution in [2.24, 2.45) is 0 Å². The first-order valence-electron chi connectivity index (χ1n) is 6.07. The monoisotopic (exact) mass is 314 g/mol. The van der Waals surface area contributed by atoms with E-state index in [9.17, 15) is 0 Å². The molecule has 0 aromatic heterocycles. The van der Waals surface area contributed by atoms with Crippen LogP contribution in [0.3, 0.4) is 0 Å². The molecule has 0 radical (unpaired) electrons. The predicted octanol–water partition coefficient (Wildman–Crippen LogP) is 5.53. The van der Waals surface area contributed by atoms with E-state index >= 15 is 0 Å². The number of benzene rings is 1. The van der Waals surface area contributed by atoms with Gasteiger partial charge in [-0.25, -0.2) is 0 Å². The molecule has 1 unspecified atom stereocenters. The lowest BCUT2D eigenvalue weighted by molar-refractivity contribution is 0.202. The molecule has 0 amide bonds. The van der Waals surface area contributed by atoms with Crippen LogP contribution in [-0.2, 0) is 4.43 Å². The topological polar surface area (TPSA) is 9.23 Å². The molecule has 96 valence electrons. The molecule has 0 saturated carbocycles. The summed E-state index contributed by atoms with van der Waals surface area (Å²) in [5.74, 6) is 0. The summed E-state index contributed by atoms with van der Waals surface area (Å²) < 4.78 is 7.51. The van der Waals surface area contributed by atoms with Crippen molar-refractivity contribution in [3.05, 3.63) is 34.3 Å². The molecule has 1 aromatic carbocycles. The predicted molar refractivity (Wildman–Crippen MR) is 80.8 cm³/mol. The van der Waals surface area contributed by atoms with Gasteiger partial charge in [0.05, 0.1) is 6.10 Å². The Kier molecular flexibility index (Phi) is 4.61. The van der Waals surface area contributed by atoms with Crippen molar-refractivity contribution < 1.29 is 4.43 Å². The third-order valence-electron chi connectivity index (χ3n) is 3.62. The Morgan fingerprint density at radius 3 is 2.18 bits per heavy atom. The van der Waals surface area contributed by atoms with E-state index in [-0.39, 0.29) is 11.1 Å². The minimum Gasteiger partial charge on any atom is -0.410 e. The summed E-state index contributed by atoms with van der Waals surface area (Å²) in [7, 11) is -1.69. The Labute approximate surface area is 115 Å². The molecule has 0 fully saturated rings. The highest BCUT2D eigenvalue weighted by Gasteiger charge is 2.38. The molecule has 1 atom stereocenters. The Morgan fingerprint density at radius 1 is 1.18 bits per heavy atom. The molecule has 1 nitrogen and oxygen atoms in total. The smallest absolute Gasteiger partial charge is 0.192 e. The van der Waals surface area contributed by atoms with Crippen molar-refractivity contribution in [2.45, 2.75) is 51.9 Å². The molecule has 0 heterocycles. The van der Waals surface area contributed by atoms with Crippen LogP contribution in [0.25, 0.3) is 0 Å². The molecule has 0 spiro atoms. The molecule has 0 N–H and O–H groups in total. The summed E-state index contributed by atoms with van der Waals surface area (Å²) >= 11 is 3.59. The summed E-state index contributed by atoms with van der Waals surface area (Å²) in [5, 5.41) is 0.252. The fraction of sp³-hybridized carbons (Fsp3) is 0.571. The lowest BCUT2D eigenvalue weighted by Crippen LogP contribution is -2.41. The highest BCUT2D eigenvalue weighted by atomic mass is 79.9. The quantitative estimate of drug-likeness (QED) is 0.666. The van der Waals surface area contributed by atoms with E-state index in [1.807, 2.05) is 6.07 Å². The first-order valence-corrected chi connectivity index (χ1v) is 9.77. The Morgan fingerprint density at radius 2 is 1.71 bits per heavy atom. The van der Waals surface area contributed by atoms with E-state index in [1.54, 1.807) is 0 Å². The van der Waals surface area contributed by atoms with Gasteiger partial charge in [0, 0.05) is 4.47 Å². The van der Waals surface area contributed by atoms with Crippen molar-refractivity contribution in [3.8, 4) is 0 Å². The second-order valence-electron chi connectivity index (χ2n) is 6.04. The number of halogens is 1. The Balaban J connectivity index is 2.87. The Hall–Kier alpha value is -0.123. The van der Waals surface area contributed by atoms with E-state index in [0.717, 1.165) is 4.47 Å². The number of hydrogen-bond acceptors (Lipinski definition) is 1. The van der Waals surface area contributed by atoms with Crippen LogP contribution in [0.15, 0.2) is 28.7 Å². The maximum atomic E-state index is 6.38. The molecule has 3 heteroatoms. The van der Waals surface area contributed by atoms with Crippen molar-refractivity contribution >= 4 is 24.2 Å². The van der Waals surface area contributed by atoms with E-state index in [0.29, 0.717) is 0 Å². The van der Waals surface area contributed by atoms with E-state index in [1.165, 1.54) is 5.56 Å². The van der Waals surface area contributed by atoms with Gasteiger partial charge >= 0.3 is 0 Å². The van der Waals surface area contributed by atoms with Crippen LogP contribution in [-0.4, -0.2) is 8.32 Å². The first kappa shape index (κ1) is 14.9. The molecule has 1 aromatic rings. The third kappa shape index (κ3) is 3.67. The van der Waals surface area contributed by atoms with E-state index < -0.39 is 8.32 Å². The van der Waals surface area contributed by atoms with Crippen molar-refractivity contribution in [1.29, 1.82) is 0 Å². The minimum absolute atomic E-state index is 0.145. The van der Waals surface area contributed by atoms with Crippen molar-refractivity contribution in [3.63, 3.8) is 0 Å². The van der Waals surface area contributed by atoms with Crippen molar-refractivity contribution in [1.82, 2.24) is 0 Å². The molecule has 0 aliphatic heterocycles. The SMILES string of the molecule is CC(O[Si](C)(C)C(C)(C)C)c1ccccc1Br. The molecule has 0 saturated heterocycles. The van der Waals surface area contributed by atoms with Gasteiger partial charge in [-0.2, -0.15) is 0 Å². The average Bonchev–Trinajstić information content (AvgIpc) is 2.15. The second kappa shape index (κ2) is 5.25. The highest BCUT2D eigenvalue weighted by molar-refractivity contribution is 9.10. The van der Waals surface area contributed by atoms with Crippen LogP contribution in [0.4, 0.5) is 0 Å². The lowest BCUT2D eigenvalue weighted by Gasteiger charge is -2.38. The summed E-state index contributed by atoms with van der Waals surface area (Å²) in [6.45, 7) is 13.5. The average molecular weight is 315 g/mol. The summed E-state index contributed by atoms with van der Waals surface area (Å²) in [6.07, 6.45) is 0.145. The molecule has 0 aliphatic rings. The first-order chi connectivity index (χ1) is 7.65. The van der Waals surface area contributed by atoms with Gasteiger partial charge in [-0.05, 0) is 36.7 Å². The zero-order valence-corrected chi connectivity index (χ0v) is 14.3. The van der Waals surface area contributed by atoms with Crippen molar-refractivity contribution in [2.75, 3.05) is 0 Å². The van der Waals surface area contributed by atoms with Crippen LogP contribution in [0, 0.1) is 0 Å². The van der Waals surface area contributed by atoms with Gasteiger partial charge in [0.2, 0.25) is 0 Å². The second-order valence-corrected chi connectivity index (χ2v) is 11.7. The molecule has 17 heavy (non-hydrogen) atoms.